The van der Waals surface area contributed by atoms with E-state index in [-0.39, 0.29) is 47.6 Å². The van der Waals surface area contributed by atoms with Gasteiger partial charge in [-0.15, -0.1) is 0 Å². The minimum atomic E-state index is -0.581. The highest BCUT2D eigenvalue weighted by Gasteiger charge is 2.42. The largest absolute Gasteiger partial charge is 0.508 e. The molecule has 0 radical (unpaired) electrons. The molecular weight excluding hydrogens is 710 g/mol. The first kappa shape index (κ1) is 41.8. The van der Waals surface area contributed by atoms with Gasteiger partial charge in [-0.3, -0.25) is 28.8 Å². The number of amides is 6. The fraction of sp³-hybridized carbons (Fsp3) is 0.676. The first-order valence-corrected chi connectivity index (χ1v) is 19.4. The third kappa shape index (κ3) is 11.1. The summed E-state index contributed by atoms with van der Waals surface area (Å²) in [6, 6.07) is 4.42. The molecule has 0 bridgehead atoms. The van der Waals surface area contributed by atoms with Gasteiger partial charge in [0.25, 0.3) is 0 Å². The lowest BCUT2D eigenvalue weighted by molar-refractivity contribution is -0.129. The average Bonchev–Trinajstić information content (AvgIpc) is 3.97. The highest BCUT2D eigenvalue weighted by atomic mass is 16.3. The highest BCUT2D eigenvalue weighted by molar-refractivity contribution is 5.87. The van der Waals surface area contributed by atoms with E-state index in [1.165, 1.54) is 0 Å². The molecule has 18 nitrogen and oxygen atoms in total. The second-order valence-corrected chi connectivity index (χ2v) is 15.7. The predicted molar refractivity (Wildman–Crippen MR) is 203 cm³/mol. The van der Waals surface area contributed by atoms with Gasteiger partial charge in [-0.05, 0) is 37.1 Å². The number of nitrogens with one attached hydrogen (secondary N) is 10. The molecule has 4 saturated heterocycles. The van der Waals surface area contributed by atoms with Gasteiger partial charge < -0.3 is 64.0 Å². The van der Waals surface area contributed by atoms with Crippen molar-refractivity contribution in [3.63, 3.8) is 0 Å². The van der Waals surface area contributed by atoms with Crippen molar-refractivity contribution in [3.8, 4) is 5.75 Å². The van der Waals surface area contributed by atoms with E-state index in [1.807, 2.05) is 13.8 Å². The minimum Gasteiger partial charge on any atom is -0.508 e. The molecule has 55 heavy (non-hydrogen) atoms. The van der Waals surface area contributed by atoms with Gasteiger partial charge in [-0.2, -0.15) is 0 Å². The highest BCUT2D eigenvalue weighted by Crippen LogP contribution is 2.19. The molecule has 0 spiro atoms. The van der Waals surface area contributed by atoms with Crippen molar-refractivity contribution in [2.45, 2.75) is 56.9 Å². The average molecular weight is 770 g/mol. The number of primary amides is 1. The van der Waals surface area contributed by atoms with Crippen LogP contribution in [0, 0.1) is 35.5 Å². The Hall–Kier alpha value is -4.36. The Morgan fingerprint density at radius 2 is 1.16 bits per heavy atom. The summed E-state index contributed by atoms with van der Waals surface area (Å²) >= 11 is 0. The predicted octanol–water partition coefficient (Wildman–Crippen LogP) is -4.40. The Morgan fingerprint density at radius 1 is 0.691 bits per heavy atom. The molecule has 1 aromatic carbocycles. The maximum absolute atomic E-state index is 13.7. The van der Waals surface area contributed by atoms with Gasteiger partial charge in [0.05, 0.1) is 53.8 Å². The minimum absolute atomic E-state index is 0.0229. The number of phenolic OH excluding ortho intramolecular Hbond substituents is 1. The van der Waals surface area contributed by atoms with Gasteiger partial charge in [-0.25, -0.2) is 0 Å². The van der Waals surface area contributed by atoms with Crippen LogP contribution in [0.4, 0.5) is 0 Å². The molecular formula is C37H59N11O7. The van der Waals surface area contributed by atoms with E-state index >= 15 is 0 Å². The molecule has 5 rings (SSSR count). The maximum Gasteiger partial charge on any atom is 0.226 e. The molecule has 6 amide bonds. The number of hydrogen-bond donors (Lipinski definition) is 12. The summed E-state index contributed by atoms with van der Waals surface area (Å²) in [5.74, 6) is -4.29. The number of carbonyl (C=O) groups excluding carboxylic acids is 6. The van der Waals surface area contributed by atoms with Crippen LogP contribution in [0.15, 0.2) is 24.3 Å². The third-order valence-electron chi connectivity index (χ3n) is 11.3. The molecule has 304 valence electrons. The Labute approximate surface area is 321 Å². The van der Waals surface area contributed by atoms with Crippen LogP contribution in [0.1, 0.15) is 25.8 Å². The lowest BCUT2D eigenvalue weighted by atomic mass is 9.95. The molecule has 4 heterocycles. The van der Waals surface area contributed by atoms with E-state index in [0.717, 1.165) is 5.56 Å². The van der Waals surface area contributed by atoms with Crippen molar-refractivity contribution in [1.29, 1.82) is 0 Å². The van der Waals surface area contributed by atoms with Gasteiger partial charge in [0.15, 0.2) is 0 Å². The van der Waals surface area contributed by atoms with E-state index in [4.69, 9.17) is 5.73 Å². The first-order valence-electron chi connectivity index (χ1n) is 19.4. The van der Waals surface area contributed by atoms with Gasteiger partial charge in [0.1, 0.15) is 5.75 Å². The molecule has 18 heteroatoms. The Kier molecular flexibility index (Phi) is 14.8. The molecule has 4 aliphatic heterocycles. The summed E-state index contributed by atoms with van der Waals surface area (Å²) < 4.78 is 0. The summed E-state index contributed by atoms with van der Waals surface area (Å²) in [7, 11) is 1.77. The quantitative estimate of drug-likeness (QED) is 0.0717. The number of hydrogen-bond acceptors (Lipinski definition) is 12. The summed E-state index contributed by atoms with van der Waals surface area (Å²) in [5, 5.41) is 40.4. The van der Waals surface area contributed by atoms with E-state index in [1.54, 1.807) is 31.3 Å². The Morgan fingerprint density at radius 3 is 1.65 bits per heavy atom. The van der Waals surface area contributed by atoms with Crippen LogP contribution in [-0.2, 0) is 35.2 Å². The van der Waals surface area contributed by atoms with Crippen LogP contribution in [0.3, 0.4) is 0 Å². The van der Waals surface area contributed by atoms with Gasteiger partial charge >= 0.3 is 0 Å². The second-order valence-electron chi connectivity index (χ2n) is 15.7. The monoisotopic (exact) mass is 769 g/mol. The second kappa shape index (κ2) is 19.5. The van der Waals surface area contributed by atoms with Crippen molar-refractivity contribution < 1.29 is 33.9 Å². The smallest absolute Gasteiger partial charge is 0.226 e. The third-order valence-corrected chi connectivity index (χ3v) is 11.3. The zero-order chi connectivity index (χ0) is 39.6. The van der Waals surface area contributed by atoms with E-state index < -0.39 is 65.7 Å². The number of aromatic hydroxyl groups is 1. The van der Waals surface area contributed by atoms with Crippen LogP contribution >= 0.6 is 0 Å². The van der Waals surface area contributed by atoms with Crippen molar-refractivity contribution in [2.24, 2.45) is 41.2 Å². The number of phenols is 1. The molecule has 0 aromatic heterocycles. The fourth-order valence-electron chi connectivity index (χ4n) is 7.96. The topological polar surface area (TPSA) is 269 Å². The van der Waals surface area contributed by atoms with Crippen LogP contribution in [0.25, 0.3) is 0 Å². The number of rotatable bonds is 17. The van der Waals surface area contributed by atoms with Crippen LogP contribution in [0.5, 0.6) is 5.75 Å². The van der Waals surface area contributed by atoms with Crippen LogP contribution < -0.4 is 58.9 Å². The SMILES string of the molecule is CNC[C@H](Cc1ccc(O)cc1)C(=O)N[C@@H]1CNC[C@@H]1C(=O)N[C@@H]1CNC[C@@H]1C(=O)N[C@@H]1CNC[C@@H]1C(=O)N[C@H](CC(=O)N[C@@H]1CNC[C@@H]1C(N)=O)C(C)C. The lowest BCUT2D eigenvalue weighted by Crippen LogP contribution is -2.55. The van der Waals surface area contributed by atoms with Gasteiger partial charge in [0, 0.05) is 71.4 Å². The summed E-state index contributed by atoms with van der Waals surface area (Å²) in [6.45, 7) is 7.35. The summed E-state index contributed by atoms with van der Waals surface area (Å²) in [4.78, 5) is 79.0. The fourth-order valence-corrected chi connectivity index (χ4v) is 7.96. The maximum atomic E-state index is 13.7. The van der Waals surface area contributed by atoms with Crippen molar-refractivity contribution in [2.75, 3.05) is 66.0 Å². The summed E-state index contributed by atoms with van der Waals surface area (Å²) in [6.07, 6.45) is 0.483. The number of benzene rings is 1. The van der Waals surface area contributed by atoms with E-state index in [0.29, 0.717) is 65.3 Å². The molecule has 13 N–H and O–H groups in total. The van der Waals surface area contributed by atoms with Gasteiger partial charge in [0.2, 0.25) is 35.4 Å². The molecule has 0 aliphatic carbocycles. The molecule has 4 aliphatic rings. The molecule has 0 saturated carbocycles. The van der Waals surface area contributed by atoms with E-state index in [2.05, 4.69) is 53.2 Å². The normalized spacial score (nSPS) is 28.7. The zero-order valence-corrected chi connectivity index (χ0v) is 31.9. The van der Waals surface area contributed by atoms with Crippen LogP contribution in [-0.4, -0.2) is 137 Å². The Balaban J connectivity index is 1.12. The zero-order valence-electron chi connectivity index (χ0n) is 31.9. The molecule has 4 fully saturated rings. The standard InChI is InChI=1S/C37H59N11O7/c1-19(2)27(9-32(50)44-28-15-40-11-23(28)33(38)51)45-35(53)25-13-42-17-30(25)47-37(55)26-14-43-18-31(26)48-36(54)24-12-41-16-29(24)46-34(52)21(10-39-3)8-20-4-6-22(49)7-5-20/h4-7,19,21,23-31,39-43,49H,8-18H2,1-3H3,(H2,38,51)(H,44,50)(H,45,53)(H,46,52)(H,47,55)(H,48,54)/t21-,23-,24-,25-,26-,27+,28+,29+,30+,31+/m0/s1. The number of carbonyl (C=O) groups is 6. The molecule has 1 aromatic rings. The lowest BCUT2D eigenvalue weighted by Gasteiger charge is -2.28. The van der Waals surface area contributed by atoms with Crippen molar-refractivity contribution >= 4 is 35.4 Å². The first-order chi connectivity index (χ1) is 26.3. The Bertz CT molecular complexity index is 1530. The summed E-state index contributed by atoms with van der Waals surface area (Å²) in [5.41, 5.74) is 6.39. The number of nitrogens with two attached hydrogens (primary N) is 1. The van der Waals surface area contributed by atoms with Crippen molar-refractivity contribution in [3.05, 3.63) is 29.8 Å². The molecule has 10 atom stereocenters. The van der Waals surface area contributed by atoms with Crippen molar-refractivity contribution in [1.82, 2.24) is 53.2 Å². The van der Waals surface area contributed by atoms with Gasteiger partial charge in [-0.1, -0.05) is 26.0 Å². The van der Waals surface area contributed by atoms with E-state index in [9.17, 15) is 33.9 Å². The van der Waals surface area contributed by atoms with Crippen LogP contribution in [0.2, 0.25) is 0 Å². The molecule has 0 unspecified atom stereocenters.